The second kappa shape index (κ2) is 7.48. The van der Waals surface area contributed by atoms with Crippen LogP contribution < -0.4 is 10.2 Å². The third-order valence-corrected chi connectivity index (χ3v) is 4.30. The van der Waals surface area contributed by atoms with Crippen LogP contribution in [0.2, 0.25) is 0 Å². The Hall–Kier alpha value is -1.29. The fourth-order valence-electron chi connectivity index (χ4n) is 2.54. The second-order valence-electron chi connectivity index (χ2n) is 5.88. The summed E-state index contributed by atoms with van der Waals surface area (Å²) in [5.41, 5.74) is 1.13. The van der Waals surface area contributed by atoms with Crippen LogP contribution in [-0.2, 0) is 0 Å². The van der Waals surface area contributed by atoms with E-state index in [1.165, 1.54) is 6.42 Å². The van der Waals surface area contributed by atoms with Gasteiger partial charge in [-0.2, -0.15) is 0 Å². The van der Waals surface area contributed by atoms with Gasteiger partial charge in [0.15, 0.2) is 5.82 Å². The van der Waals surface area contributed by atoms with Crippen molar-refractivity contribution in [1.82, 2.24) is 4.98 Å². The molecule has 0 saturated carbocycles. The summed E-state index contributed by atoms with van der Waals surface area (Å²) in [5.74, 6) is 2.20. The maximum absolute atomic E-state index is 9.23. The molecular formula is C16H27N3O. The minimum Gasteiger partial charge on any atom is -0.396 e. The minimum atomic E-state index is 0.315. The summed E-state index contributed by atoms with van der Waals surface area (Å²) >= 11 is 0. The highest BCUT2D eigenvalue weighted by Crippen LogP contribution is 2.27. The van der Waals surface area contributed by atoms with Crippen LogP contribution in [0.4, 0.5) is 11.5 Å². The Kier molecular flexibility index (Phi) is 5.65. The lowest BCUT2D eigenvalue weighted by Crippen LogP contribution is -2.35. The maximum Gasteiger partial charge on any atom is 0.151 e. The van der Waals surface area contributed by atoms with Crippen LogP contribution >= 0.6 is 0 Å². The molecule has 2 N–H and O–H groups in total. The average Bonchev–Trinajstić information content (AvgIpc) is 2.53. The molecule has 0 aromatic carbocycles. The van der Waals surface area contributed by atoms with Crippen LogP contribution in [0.25, 0.3) is 0 Å². The van der Waals surface area contributed by atoms with E-state index in [0.29, 0.717) is 18.4 Å². The monoisotopic (exact) mass is 277 g/mol. The van der Waals surface area contributed by atoms with E-state index >= 15 is 0 Å². The van der Waals surface area contributed by atoms with E-state index in [4.69, 9.17) is 0 Å². The first kappa shape index (κ1) is 15.1. The number of aliphatic hydroxyl groups excluding tert-OH is 1. The molecule has 1 aliphatic rings. The molecule has 1 aliphatic heterocycles. The fourth-order valence-corrected chi connectivity index (χ4v) is 2.54. The summed E-state index contributed by atoms with van der Waals surface area (Å²) in [6, 6.07) is 4.10. The van der Waals surface area contributed by atoms with Crippen molar-refractivity contribution in [3.8, 4) is 0 Å². The summed E-state index contributed by atoms with van der Waals surface area (Å²) in [6.45, 7) is 7.75. The van der Waals surface area contributed by atoms with Crippen molar-refractivity contribution in [2.75, 3.05) is 36.5 Å². The Balaban J connectivity index is 2.00. The molecule has 20 heavy (non-hydrogen) atoms. The topological polar surface area (TPSA) is 48.4 Å². The molecule has 112 valence electrons. The Bertz CT molecular complexity index is 402. The van der Waals surface area contributed by atoms with Gasteiger partial charge in [0, 0.05) is 32.4 Å². The van der Waals surface area contributed by atoms with Crippen molar-refractivity contribution in [3.05, 3.63) is 18.3 Å². The van der Waals surface area contributed by atoms with Gasteiger partial charge in [-0.3, -0.25) is 0 Å². The van der Waals surface area contributed by atoms with Crippen LogP contribution in [-0.4, -0.2) is 36.3 Å². The molecule has 1 saturated heterocycles. The molecule has 1 aromatic rings. The zero-order valence-corrected chi connectivity index (χ0v) is 12.7. The Morgan fingerprint density at radius 2 is 2.20 bits per heavy atom. The van der Waals surface area contributed by atoms with Gasteiger partial charge in [0.2, 0.25) is 0 Å². The van der Waals surface area contributed by atoms with Gasteiger partial charge in [0.05, 0.1) is 5.69 Å². The molecular weight excluding hydrogens is 250 g/mol. The van der Waals surface area contributed by atoms with E-state index in [1.54, 1.807) is 0 Å². The number of piperidine rings is 1. The van der Waals surface area contributed by atoms with Crippen molar-refractivity contribution in [2.45, 2.75) is 33.1 Å². The molecule has 0 amide bonds. The molecule has 1 unspecified atom stereocenters. The molecule has 1 fully saturated rings. The van der Waals surface area contributed by atoms with Crippen LogP contribution in [0.5, 0.6) is 0 Å². The van der Waals surface area contributed by atoms with E-state index < -0.39 is 0 Å². The predicted molar refractivity (Wildman–Crippen MR) is 84.2 cm³/mol. The molecule has 0 spiro atoms. The Morgan fingerprint density at radius 1 is 1.45 bits per heavy atom. The molecule has 0 aliphatic carbocycles. The van der Waals surface area contributed by atoms with Crippen molar-refractivity contribution < 1.29 is 5.11 Å². The average molecular weight is 277 g/mol. The van der Waals surface area contributed by atoms with Crippen LogP contribution in [0.3, 0.4) is 0 Å². The number of rotatable bonds is 6. The van der Waals surface area contributed by atoms with Gasteiger partial charge < -0.3 is 15.3 Å². The fraction of sp³-hybridized carbons (Fsp3) is 0.688. The van der Waals surface area contributed by atoms with Crippen molar-refractivity contribution in [3.63, 3.8) is 0 Å². The van der Waals surface area contributed by atoms with E-state index in [9.17, 15) is 5.11 Å². The number of hydrogen-bond acceptors (Lipinski definition) is 4. The van der Waals surface area contributed by atoms with Gasteiger partial charge >= 0.3 is 0 Å². The number of pyridine rings is 1. The first-order valence-corrected chi connectivity index (χ1v) is 7.79. The van der Waals surface area contributed by atoms with E-state index in [2.05, 4.69) is 35.1 Å². The molecule has 1 aromatic heterocycles. The third-order valence-electron chi connectivity index (χ3n) is 4.30. The quantitative estimate of drug-likeness (QED) is 0.839. The lowest BCUT2D eigenvalue weighted by Gasteiger charge is -2.33. The van der Waals surface area contributed by atoms with Crippen LogP contribution in [0, 0.1) is 11.8 Å². The number of anilines is 2. The summed E-state index contributed by atoms with van der Waals surface area (Å²) in [4.78, 5) is 6.90. The van der Waals surface area contributed by atoms with Gasteiger partial charge in [-0.15, -0.1) is 0 Å². The Morgan fingerprint density at radius 3 is 2.85 bits per heavy atom. The summed E-state index contributed by atoms with van der Waals surface area (Å²) in [6.07, 6.45) is 5.15. The standard InChI is InChI=1S/C16H27N3O/c1-3-13(2)11-18-15-5-4-8-17-16(15)19-9-6-14(12-20)7-10-19/h4-5,8,13-14,18,20H,3,6-7,9-12H2,1-2H3. The molecule has 4 nitrogen and oxygen atoms in total. The summed E-state index contributed by atoms with van der Waals surface area (Å²) in [5, 5.41) is 12.8. The predicted octanol–water partition coefficient (Wildman–Crippen LogP) is 2.75. The van der Waals surface area contributed by atoms with Gasteiger partial charge in [-0.05, 0) is 36.8 Å². The lowest BCUT2D eigenvalue weighted by molar-refractivity contribution is 0.203. The van der Waals surface area contributed by atoms with Crippen molar-refractivity contribution in [1.29, 1.82) is 0 Å². The maximum atomic E-state index is 9.23. The molecule has 4 heteroatoms. The first-order chi connectivity index (χ1) is 9.74. The van der Waals surface area contributed by atoms with Gasteiger partial charge in [0.1, 0.15) is 0 Å². The second-order valence-corrected chi connectivity index (χ2v) is 5.88. The van der Waals surface area contributed by atoms with E-state index in [-0.39, 0.29) is 0 Å². The van der Waals surface area contributed by atoms with Crippen molar-refractivity contribution >= 4 is 11.5 Å². The van der Waals surface area contributed by atoms with Gasteiger partial charge in [-0.25, -0.2) is 4.98 Å². The third kappa shape index (κ3) is 3.85. The largest absolute Gasteiger partial charge is 0.396 e. The molecule has 2 heterocycles. The summed E-state index contributed by atoms with van der Waals surface area (Å²) in [7, 11) is 0. The smallest absolute Gasteiger partial charge is 0.151 e. The van der Waals surface area contributed by atoms with Gasteiger partial charge in [-0.1, -0.05) is 20.3 Å². The summed E-state index contributed by atoms with van der Waals surface area (Å²) < 4.78 is 0. The van der Waals surface area contributed by atoms with E-state index in [1.807, 2.05) is 12.3 Å². The first-order valence-electron chi connectivity index (χ1n) is 7.79. The zero-order valence-electron chi connectivity index (χ0n) is 12.7. The van der Waals surface area contributed by atoms with Crippen LogP contribution in [0.1, 0.15) is 33.1 Å². The SMILES string of the molecule is CCC(C)CNc1cccnc1N1CCC(CO)CC1. The number of nitrogens with zero attached hydrogens (tertiary/aromatic N) is 2. The van der Waals surface area contributed by atoms with Gasteiger partial charge in [0.25, 0.3) is 0 Å². The number of hydrogen-bond donors (Lipinski definition) is 2. The molecule has 2 rings (SSSR count). The number of aliphatic hydroxyl groups is 1. The minimum absolute atomic E-state index is 0.315. The number of nitrogens with one attached hydrogen (secondary N) is 1. The zero-order chi connectivity index (χ0) is 14.4. The van der Waals surface area contributed by atoms with Crippen LogP contribution in [0.15, 0.2) is 18.3 Å². The van der Waals surface area contributed by atoms with Crippen molar-refractivity contribution in [2.24, 2.45) is 11.8 Å². The normalized spacial score (nSPS) is 18.1. The highest BCUT2D eigenvalue weighted by Gasteiger charge is 2.21. The molecule has 1 atom stereocenters. The lowest BCUT2D eigenvalue weighted by atomic mass is 9.98. The molecule has 0 bridgehead atoms. The van der Waals surface area contributed by atoms with E-state index in [0.717, 1.165) is 44.0 Å². The number of aromatic nitrogens is 1. The highest BCUT2D eigenvalue weighted by molar-refractivity contribution is 5.65. The Labute approximate surface area is 122 Å². The highest BCUT2D eigenvalue weighted by atomic mass is 16.3. The molecule has 0 radical (unpaired) electrons.